The van der Waals surface area contributed by atoms with Gasteiger partial charge in [0.2, 0.25) is 6.29 Å². The van der Waals surface area contributed by atoms with Gasteiger partial charge >= 0.3 is 0 Å². The summed E-state index contributed by atoms with van der Waals surface area (Å²) in [5.74, 6) is -0.259. The van der Waals surface area contributed by atoms with Crippen LogP contribution in [0.3, 0.4) is 0 Å². The maximum absolute atomic E-state index is 12.5. The van der Waals surface area contributed by atoms with Gasteiger partial charge in [-0.25, -0.2) is 0 Å². The normalized spacial score (nSPS) is 25.6. The van der Waals surface area contributed by atoms with E-state index in [1.165, 1.54) is 50.4 Å². The van der Waals surface area contributed by atoms with Crippen molar-refractivity contribution in [1.82, 2.24) is 0 Å². The Labute approximate surface area is 181 Å². The number of phenols is 2. The first-order valence-electron chi connectivity index (χ1n) is 9.74. The molecule has 2 heterocycles. The van der Waals surface area contributed by atoms with Crippen LogP contribution in [-0.4, -0.2) is 63.3 Å². The third-order valence-electron chi connectivity index (χ3n) is 5.31. The van der Waals surface area contributed by atoms with Crippen molar-refractivity contribution in [2.45, 2.75) is 37.6 Å². The molecule has 3 aromatic rings. The van der Waals surface area contributed by atoms with Gasteiger partial charge in [0.1, 0.15) is 46.5 Å². The molecule has 1 aliphatic heterocycles. The topological polar surface area (TPSA) is 159 Å². The van der Waals surface area contributed by atoms with Gasteiger partial charge in [-0.05, 0) is 25.1 Å². The average Bonchev–Trinajstić information content (AvgIpc) is 2.76. The van der Waals surface area contributed by atoms with Gasteiger partial charge in [0.15, 0.2) is 16.9 Å². The van der Waals surface area contributed by atoms with E-state index in [4.69, 9.17) is 18.6 Å². The molecule has 2 aromatic carbocycles. The van der Waals surface area contributed by atoms with Crippen LogP contribution in [0.5, 0.6) is 23.0 Å². The van der Waals surface area contributed by atoms with Gasteiger partial charge in [-0.2, -0.15) is 0 Å². The summed E-state index contributed by atoms with van der Waals surface area (Å²) >= 11 is 0. The van der Waals surface area contributed by atoms with Crippen LogP contribution in [0.4, 0.5) is 0 Å². The van der Waals surface area contributed by atoms with Crippen LogP contribution >= 0.6 is 0 Å². The van der Waals surface area contributed by atoms with Crippen LogP contribution in [0.15, 0.2) is 45.6 Å². The highest BCUT2D eigenvalue weighted by Gasteiger charge is 2.43. The average molecular weight is 446 g/mol. The second-order valence-corrected chi connectivity index (χ2v) is 7.48. The number of fused-ring (bicyclic) bond motifs is 1. The van der Waals surface area contributed by atoms with Gasteiger partial charge in [0, 0.05) is 23.8 Å². The smallest absolute Gasteiger partial charge is 0.229 e. The number of hydrogen-bond donors (Lipinski definition) is 5. The van der Waals surface area contributed by atoms with Crippen LogP contribution in [0.2, 0.25) is 0 Å². The zero-order valence-electron chi connectivity index (χ0n) is 17.1. The van der Waals surface area contributed by atoms with Crippen LogP contribution in [0, 0.1) is 0 Å². The SMILES string of the molecule is COc1cc(O)c2c(=O)cc(-c3ccc(O[C@H]4O[C@@H](C)[C@H](O)[C@H](O)[C@@H]4O)c(O)c3)oc2c1. The molecule has 0 amide bonds. The van der Waals surface area contributed by atoms with E-state index in [1.807, 2.05) is 0 Å². The third kappa shape index (κ3) is 3.84. The van der Waals surface area contributed by atoms with E-state index >= 15 is 0 Å². The fourth-order valence-electron chi connectivity index (χ4n) is 3.51. The lowest BCUT2D eigenvalue weighted by molar-refractivity contribution is -0.268. The summed E-state index contributed by atoms with van der Waals surface area (Å²) in [4.78, 5) is 12.5. The number of ether oxygens (including phenoxy) is 3. The van der Waals surface area contributed by atoms with Gasteiger partial charge in [-0.1, -0.05) is 0 Å². The number of aliphatic hydroxyl groups excluding tert-OH is 3. The molecule has 0 aliphatic carbocycles. The Morgan fingerprint density at radius 1 is 0.938 bits per heavy atom. The van der Waals surface area contributed by atoms with E-state index in [0.717, 1.165) is 0 Å². The van der Waals surface area contributed by atoms with Crippen molar-refractivity contribution in [3.05, 3.63) is 46.6 Å². The molecule has 32 heavy (non-hydrogen) atoms. The van der Waals surface area contributed by atoms with Crippen LogP contribution < -0.4 is 14.9 Å². The molecule has 0 radical (unpaired) electrons. The van der Waals surface area contributed by atoms with Gasteiger partial charge in [-0.3, -0.25) is 4.79 Å². The van der Waals surface area contributed by atoms with E-state index < -0.39 is 36.1 Å². The zero-order chi connectivity index (χ0) is 23.2. The van der Waals surface area contributed by atoms with E-state index in [1.54, 1.807) is 0 Å². The summed E-state index contributed by atoms with van der Waals surface area (Å²) in [6.07, 6.45) is -6.43. The number of benzene rings is 2. The first kappa shape index (κ1) is 21.9. The molecule has 170 valence electrons. The Kier molecular flexibility index (Phi) is 5.70. The number of aliphatic hydroxyl groups is 3. The van der Waals surface area contributed by atoms with Crippen molar-refractivity contribution in [2.24, 2.45) is 0 Å². The summed E-state index contributed by atoms with van der Waals surface area (Å²) in [5.41, 5.74) is -0.0454. The van der Waals surface area contributed by atoms with Gasteiger partial charge in [0.25, 0.3) is 0 Å². The molecule has 1 aliphatic rings. The van der Waals surface area contributed by atoms with Crippen LogP contribution in [0.1, 0.15) is 6.92 Å². The van der Waals surface area contributed by atoms with Gasteiger partial charge < -0.3 is 44.2 Å². The molecular weight excluding hydrogens is 424 g/mol. The molecule has 10 nitrogen and oxygen atoms in total. The fourth-order valence-corrected chi connectivity index (χ4v) is 3.51. The van der Waals surface area contributed by atoms with E-state index in [9.17, 15) is 30.3 Å². The lowest BCUT2D eigenvalue weighted by Gasteiger charge is -2.38. The summed E-state index contributed by atoms with van der Waals surface area (Å²) in [7, 11) is 1.41. The monoisotopic (exact) mass is 446 g/mol. The largest absolute Gasteiger partial charge is 0.507 e. The first-order valence-corrected chi connectivity index (χ1v) is 9.74. The molecule has 1 saturated heterocycles. The molecule has 10 heteroatoms. The molecular formula is C22H22O10. The predicted molar refractivity (Wildman–Crippen MR) is 111 cm³/mol. The Morgan fingerprint density at radius 3 is 2.38 bits per heavy atom. The molecule has 1 aromatic heterocycles. The van der Waals surface area contributed by atoms with Crippen molar-refractivity contribution in [3.63, 3.8) is 0 Å². The molecule has 4 rings (SSSR count). The number of hydrogen-bond acceptors (Lipinski definition) is 10. The summed E-state index contributed by atoms with van der Waals surface area (Å²) in [5, 5.41) is 50.2. The summed E-state index contributed by atoms with van der Waals surface area (Å²) in [6.45, 7) is 1.51. The number of phenolic OH excluding ortho intramolecular Hbond substituents is 2. The third-order valence-corrected chi connectivity index (χ3v) is 5.31. The Morgan fingerprint density at radius 2 is 1.69 bits per heavy atom. The Balaban J connectivity index is 1.65. The van der Waals surface area contributed by atoms with Gasteiger partial charge in [-0.15, -0.1) is 0 Å². The minimum Gasteiger partial charge on any atom is -0.507 e. The second-order valence-electron chi connectivity index (χ2n) is 7.48. The summed E-state index contributed by atoms with van der Waals surface area (Å²) in [6, 6.07) is 8.09. The molecule has 5 atom stereocenters. The number of rotatable bonds is 4. The van der Waals surface area contributed by atoms with E-state index in [-0.39, 0.29) is 34.0 Å². The highest BCUT2D eigenvalue weighted by molar-refractivity contribution is 5.86. The van der Waals surface area contributed by atoms with Gasteiger partial charge in [0.05, 0.1) is 13.2 Å². The first-order chi connectivity index (χ1) is 15.2. The highest BCUT2D eigenvalue weighted by Crippen LogP contribution is 2.36. The Hall–Kier alpha value is -3.31. The zero-order valence-corrected chi connectivity index (χ0v) is 17.1. The lowest BCUT2D eigenvalue weighted by atomic mass is 10.00. The maximum atomic E-state index is 12.5. The predicted octanol–water partition coefficient (Wildman–Crippen LogP) is 1.09. The molecule has 0 unspecified atom stereocenters. The lowest BCUT2D eigenvalue weighted by Crippen LogP contribution is -2.58. The molecule has 0 saturated carbocycles. The quantitative estimate of drug-likeness (QED) is 0.393. The number of aromatic hydroxyl groups is 2. The van der Waals surface area contributed by atoms with Crippen LogP contribution in [-0.2, 0) is 4.74 Å². The number of methoxy groups -OCH3 is 1. The molecule has 0 bridgehead atoms. The molecule has 5 N–H and O–H groups in total. The Bertz CT molecular complexity index is 1200. The molecule has 1 fully saturated rings. The van der Waals surface area contributed by atoms with Crippen molar-refractivity contribution >= 4 is 11.0 Å². The molecule has 0 spiro atoms. The van der Waals surface area contributed by atoms with E-state index in [0.29, 0.717) is 11.3 Å². The van der Waals surface area contributed by atoms with E-state index in [2.05, 4.69) is 0 Å². The highest BCUT2D eigenvalue weighted by atomic mass is 16.7. The van der Waals surface area contributed by atoms with Crippen molar-refractivity contribution in [3.8, 4) is 34.3 Å². The maximum Gasteiger partial charge on any atom is 0.229 e. The van der Waals surface area contributed by atoms with Crippen molar-refractivity contribution < 1.29 is 44.2 Å². The minimum atomic E-state index is -1.54. The summed E-state index contributed by atoms with van der Waals surface area (Å²) < 4.78 is 21.7. The van der Waals surface area contributed by atoms with Crippen molar-refractivity contribution in [2.75, 3.05) is 7.11 Å². The standard InChI is InChI=1S/C22H22O10/c1-9-19(26)20(27)21(28)22(30-9)32-15-4-3-10(5-12(15)23)16-8-14(25)18-13(24)6-11(29-2)7-17(18)31-16/h3-9,19-24,26-28H,1-2H3/t9-,19-,20-,21-,22+/m0/s1. The minimum absolute atomic E-state index is 0.00275. The van der Waals surface area contributed by atoms with Crippen LogP contribution in [0.25, 0.3) is 22.3 Å². The second kappa shape index (κ2) is 8.32. The van der Waals surface area contributed by atoms with Crippen molar-refractivity contribution in [1.29, 1.82) is 0 Å². The fraction of sp³-hybridized carbons (Fsp3) is 0.318.